The number of rotatable bonds is 6. The van der Waals surface area contributed by atoms with Crippen molar-refractivity contribution in [2.45, 2.75) is 11.3 Å². The summed E-state index contributed by atoms with van der Waals surface area (Å²) in [6.07, 6.45) is 1.58. The zero-order valence-electron chi connectivity index (χ0n) is 12.7. The average Bonchev–Trinajstić information content (AvgIpc) is 3.25. The number of sulfone groups is 1. The number of nitrogens with zero attached hydrogens (tertiary/aromatic N) is 2. The lowest BCUT2D eigenvalue weighted by molar-refractivity contribution is 0.0996. The van der Waals surface area contributed by atoms with Gasteiger partial charge in [-0.25, -0.2) is 8.42 Å². The summed E-state index contributed by atoms with van der Waals surface area (Å²) in [6.45, 7) is 0. The van der Waals surface area contributed by atoms with Gasteiger partial charge >= 0.3 is 0 Å². The van der Waals surface area contributed by atoms with Crippen LogP contribution in [0.25, 0.3) is 0 Å². The topological polar surface area (TPSA) is 102 Å². The van der Waals surface area contributed by atoms with Gasteiger partial charge in [-0.3, -0.25) is 10.1 Å². The number of aryl methyl sites for hydroxylation is 1. The number of amides is 1. The molecule has 0 aliphatic carbocycles. The van der Waals surface area contributed by atoms with E-state index in [1.807, 2.05) is 0 Å². The van der Waals surface area contributed by atoms with Gasteiger partial charge in [-0.15, -0.1) is 10.2 Å². The summed E-state index contributed by atoms with van der Waals surface area (Å²) < 4.78 is 29.6. The molecule has 7 nitrogen and oxygen atoms in total. The molecule has 0 fully saturated rings. The molecule has 0 aliphatic rings. The second-order valence-corrected chi connectivity index (χ2v) is 8.56. The Morgan fingerprint density at radius 3 is 2.64 bits per heavy atom. The number of benzene rings is 1. The molecule has 0 saturated carbocycles. The highest BCUT2D eigenvalue weighted by Crippen LogP contribution is 2.20. The fraction of sp³-hybridized carbons (Fsp3) is 0.133. The summed E-state index contributed by atoms with van der Waals surface area (Å²) in [6, 6.07) is 9.11. The number of carbonyl (C=O) groups excluding carboxylic acids is 1. The maximum atomic E-state index is 12.3. The first kappa shape index (κ1) is 17.6. The van der Waals surface area contributed by atoms with Crippen molar-refractivity contribution >= 4 is 43.8 Å². The van der Waals surface area contributed by atoms with E-state index >= 15 is 0 Å². The Labute approximate surface area is 152 Å². The molecule has 130 valence electrons. The zero-order chi connectivity index (χ0) is 17.9. The van der Waals surface area contributed by atoms with Gasteiger partial charge in [0.2, 0.25) is 5.13 Å². The van der Waals surface area contributed by atoms with Crippen molar-refractivity contribution in [1.82, 2.24) is 10.2 Å². The minimum atomic E-state index is -3.45. The molecule has 0 unspecified atom stereocenters. The van der Waals surface area contributed by atoms with Crippen LogP contribution in [0.5, 0.6) is 0 Å². The van der Waals surface area contributed by atoms with Gasteiger partial charge in [0.05, 0.1) is 16.9 Å². The van der Waals surface area contributed by atoms with E-state index in [0.29, 0.717) is 10.0 Å². The Morgan fingerprint density at radius 1 is 1.20 bits per heavy atom. The second-order valence-electron chi connectivity index (χ2n) is 4.96. The lowest BCUT2D eigenvalue weighted by Gasteiger charge is -2.02. The Hall–Kier alpha value is -2.23. The molecule has 25 heavy (non-hydrogen) atoms. The third-order valence-electron chi connectivity index (χ3n) is 3.19. The molecular weight excluding hydrogens is 386 g/mol. The molecule has 0 saturated heterocycles. The van der Waals surface area contributed by atoms with E-state index in [1.54, 1.807) is 6.07 Å². The Kier molecular flexibility index (Phi) is 5.16. The predicted octanol–water partition coefficient (Wildman–Crippen LogP) is 3.05. The van der Waals surface area contributed by atoms with E-state index in [9.17, 15) is 13.2 Å². The molecule has 3 aromatic rings. The predicted molar refractivity (Wildman–Crippen MR) is 93.8 cm³/mol. The van der Waals surface area contributed by atoms with Crippen LogP contribution in [0.4, 0.5) is 5.13 Å². The van der Waals surface area contributed by atoms with Crippen LogP contribution in [0, 0.1) is 0 Å². The summed E-state index contributed by atoms with van der Waals surface area (Å²) >= 11 is 6.88. The minimum absolute atomic E-state index is 0.116. The van der Waals surface area contributed by atoms with E-state index in [-0.39, 0.29) is 28.0 Å². The highest BCUT2D eigenvalue weighted by Gasteiger charge is 2.17. The van der Waals surface area contributed by atoms with Crippen LogP contribution in [0.3, 0.4) is 0 Å². The smallest absolute Gasteiger partial charge is 0.293 e. The highest BCUT2D eigenvalue weighted by molar-refractivity contribution is 7.91. The standard InChI is InChI=1S/C15H12ClN3O4S2/c16-10-3-5-11(6-4-10)25(21,22)9-7-13-18-19-15(24-13)17-14(20)12-2-1-8-23-12/h1-6,8H,7,9H2,(H,17,19,20). The largest absolute Gasteiger partial charge is 0.459 e. The van der Waals surface area contributed by atoms with Crippen molar-refractivity contribution in [3.63, 3.8) is 0 Å². The van der Waals surface area contributed by atoms with Gasteiger partial charge in [0, 0.05) is 11.4 Å². The van der Waals surface area contributed by atoms with Crippen LogP contribution in [0.1, 0.15) is 15.6 Å². The summed E-state index contributed by atoms with van der Waals surface area (Å²) in [5.74, 6) is -0.404. The summed E-state index contributed by atoms with van der Waals surface area (Å²) in [4.78, 5) is 12.0. The van der Waals surface area contributed by atoms with Crippen molar-refractivity contribution in [2.75, 3.05) is 11.1 Å². The van der Waals surface area contributed by atoms with Gasteiger partial charge in [0.1, 0.15) is 5.01 Å². The number of aromatic nitrogens is 2. The maximum Gasteiger partial charge on any atom is 0.293 e. The van der Waals surface area contributed by atoms with Gasteiger partial charge in [-0.1, -0.05) is 22.9 Å². The van der Waals surface area contributed by atoms with Gasteiger partial charge in [0.15, 0.2) is 15.6 Å². The van der Waals surface area contributed by atoms with Crippen LogP contribution in [0.15, 0.2) is 52.0 Å². The number of anilines is 1. The lowest BCUT2D eigenvalue weighted by atomic mass is 10.4. The van der Waals surface area contributed by atoms with Gasteiger partial charge in [-0.2, -0.15) is 0 Å². The second kappa shape index (κ2) is 7.34. The molecule has 0 radical (unpaired) electrons. The molecule has 1 aromatic carbocycles. The molecule has 10 heteroatoms. The van der Waals surface area contributed by atoms with Crippen molar-refractivity contribution < 1.29 is 17.6 Å². The molecule has 0 aliphatic heterocycles. The Bertz CT molecular complexity index is 967. The van der Waals surface area contributed by atoms with Crippen molar-refractivity contribution in [1.29, 1.82) is 0 Å². The Balaban J connectivity index is 1.61. The molecule has 2 heterocycles. The number of carbonyl (C=O) groups is 1. The maximum absolute atomic E-state index is 12.3. The molecule has 0 spiro atoms. The molecule has 0 bridgehead atoms. The van der Waals surface area contributed by atoms with Crippen molar-refractivity contribution in [2.24, 2.45) is 0 Å². The number of halogens is 1. The molecule has 0 atom stereocenters. The third-order valence-corrected chi connectivity index (χ3v) is 6.07. The molecular formula is C15H12ClN3O4S2. The first-order chi connectivity index (χ1) is 11.9. The fourth-order valence-electron chi connectivity index (χ4n) is 1.95. The van der Waals surface area contributed by atoms with Gasteiger partial charge < -0.3 is 4.42 Å². The SMILES string of the molecule is O=C(Nc1nnc(CCS(=O)(=O)c2ccc(Cl)cc2)s1)c1ccco1. The van der Waals surface area contributed by atoms with Crippen LogP contribution < -0.4 is 5.32 Å². The number of nitrogens with one attached hydrogen (secondary N) is 1. The monoisotopic (exact) mass is 397 g/mol. The molecule has 1 N–H and O–H groups in total. The molecule has 3 rings (SSSR count). The van der Waals surface area contributed by atoms with Crippen molar-refractivity contribution in [3.05, 3.63) is 58.5 Å². The van der Waals surface area contributed by atoms with E-state index in [4.69, 9.17) is 16.0 Å². The summed E-state index contributed by atoms with van der Waals surface area (Å²) in [7, 11) is -3.45. The van der Waals surface area contributed by atoms with Crippen LogP contribution in [-0.4, -0.2) is 30.3 Å². The fourth-order valence-corrected chi connectivity index (χ4v) is 4.19. The van der Waals surface area contributed by atoms with Crippen molar-refractivity contribution in [3.8, 4) is 0 Å². The lowest BCUT2D eigenvalue weighted by Crippen LogP contribution is -2.10. The summed E-state index contributed by atoms with van der Waals surface area (Å²) in [5, 5.41) is 11.5. The van der Waals surface area contributed by atoms with Crippen LogP contribution >= 0.6 is 22.9 Å². The number of hydrogen-bond acceptors (Lipinski definition) is 7. The summed E-state index contributed by atoms with van der Waals surface area (Å²) in [5.41, 5.74) is 0. The van der Waals surface area contributed by atoms with E-state index < -0.39 is 15.7 Å². The zero-order valence-corrected chi connectivity index (χ0v) is 15.1. The average molecular weight is 398 g/mol. The quantitative estimate of drug-likeness (QED) is 0.685. The van der Waals surface area contributed by atoms with Crippen LogP contribution in [-0.2, 0) is 16.3 Å². The van der Waals surface area contributed by atoms with Crippen LogP contribution in [0.2, 0.25) is 5.02 Å². The normalized spacial score (nSPS) is 11.4. The first-order valence-corrected chi connectivity index (χ1v) is 9.94. The highest BCUT2D eigenvalue weighted by atomic mass is 35.5. The molecule has 2 aromatic heterocycles. The first-order valence-electron chi connectivity index (χ1n) is 7.09. The van der Waals surface area contributed by atoms with Gasteiger partial charge in [0.25, 0.3) is 5.91 Å². The number of furan rings is 1. The molecule has 1 amide bonds. The minimum Gasteiger partial charge on any atom is -0.459 e. The third kappa shape index (κ3) is 4.44. The van der Waals surface area contributed by atoms with E-state index in [2.05, 4.69) is 15.5 Å². The van der Waals surface area contributed by atoms with E-state index in [1.165, 1.54) is 36.6 Å². The van der Waals surface area contributed by atoms with Gasteiger partial charge in [-0.05, 0) is 36.4 Å². The number of hydrogen-bond donors (Lipinski definition) is 1. The van der Waals surface area contributed by atoms with E-state index in [0.717, 1.165) is 11.3 Å². The Morgan fingerprint density at radius 2 is 1.96 bits per heavy atom.